The van der Waals surface area contributed by atoms with Gasteiger partial charge in [-0.3, -0.25) is 28.8 Å². The second-order valence-corrected chi connectivity index (χ2v) is 15.0. The quantitative estimate of drug-likeness (QED) is 0.137. The Kier molecular flexibility index (Phi) is 14.2. The van der Waals surface area contributed by atoms with Gasteiger partial charge in [-0.05, 0) is 65.2 Å². The zero-order valence-electron chi connectivity index (χ0n) is 29.1. The van der Waals surface area contributed by atoms with Crippen LogP contribution in [0.3, 0.4) is 0 Å². The zero-order valence-corrected chi connectivity index (χ0v) is 31.4. The van der Waals surface area contributed by atoms with Crippen LogP contribution in [0.2, 0.25) is 10.0 Å². The van der Waals surface area contributed by atoms with Crippen molar-refractivity contribution in [3.8, 4) is 0 Å². The monoisotopic (exact) mass is 808 g/mol. The molecule has 1 aromatic heterocycles. The molecule has 0 unspecified atom stereocenters. The van der Waals surface area contributed by atoms with Crippen LogP contribution in [-0.4, -0.2) is 81.0 Å². The lowest BCUT2D eigenvalue weighted by Crippen LogP contribution is -2.59. The summed E-state index contributed by atoms with van der Waals surface area (Å²) in [5.41, 5.74) is 1.76. The predicted molar refractivity (Wildman–Crippen MR) is 206 cm³/mol. The fourth-order valence-corrected chi connectivity index (χ4v) is 7.23. The molecule has 2 aliphatic rings. The number of aliphatic hydroxyl groups excluding tert-OH is 2. The lowest BCUT2D eigenvalue weighted by atomic mass is 9.90. The normalized spacial score (nSPS) is 23.2. The van der Waals surface area contributed by atoms with Gasteiger partial charge in [0, 0.05) is 39.9 Å². The molecule has 3 aromatic carbocycles. The van der Waals surface area contributed by atoms with Gasteiger partial charge in [-0.1, -0.05) is 77.8 Å². The van der Waals surface area contributed by atoms with Crippen molar-refractivity contribution in [1.29, 1.82) is 0 Å². The maximum Gasteiger partial charge on any atom is 0.307 e. The summed E-state index contributed by atoms with van der Waals surface area (Å²) in [5, 5.41) is 43.9. The molecule has 0 saturated heterocycles. The molecule has 2 bridgehead atoms. The number of halogens is 2. The third-order valence-corrected chi connectivity index (χ3v) is 10.5. The summed E-state index contributed by atoms with van der Waals surface area (Å²) in [5.74, 6) is -7.07. The van der Waals surface area contributed by atoms with Gasteiger partial charge in [0.05, 0.1) is 12.0 Å². The number of hydrogen-bond acceptors (Lipinski definition) is 9. The van der Waals surface area contributed by atoms with Crippen molar-refractivity contribution in [3.05, 3.63) is 122 Å². The van der Waals surface area contributed by atoms with Crippen LogP contribution < -0.4 is 21.3 Å². The van der Waals surface area contributed by atoms with Gasteiger partial charge in [-0.15, -0.1) is 11.3 Å². The van der Waals surface area contributed by atoms with Crippen LogP contribution in [0.25, 0.3) is 0 Å². The van der Waals surface area contributed by atoms with Gasteiger partial charge in [0.25, 0.3) is 11.8 Å². The highest BCUT2D eigenvalue weighted by molar-refractivity contribution is 7.09. The van der Waals surface area contributed by atoms with Crippen molar-refractivity contribution in [3.63, 3.8) is 0 Å². The number of anilines is 1. The fourth-order valence-electron chi connectivity index (χ4n) is 6.00. The molecule has 0 radical (unpaired) electrons. The summed E-state index contributed by atoms with van der Waals surface area (Å²) in [7, 11) is 0. The Hall–Kier alpha value is -5.12. The number of amides is 4. The molecule has 3 heterocycles. The highest BCUT2D eigenvalue weighted by Crippen LogP contribution is 2.23. The Morgan fingerprint density at radius 3 is 1.96 bits per heavy atom. The van der Waals surface area contributed by atoms with Gasteiger partial charge >= 0.3 is 5.97 Å². The average Bonchev–Trinajstić information content (AvgIpc) is 3.68. The Balaban J connectivity index is 1.55. The Labute approximate surface area is 330 Å². The number of aliphatic carboxylic acids is 1. The highest BCUT2D eigenvalue weighted by Gasteiger charge is 2.36. The van der Waals surface area contributed by atoms with Gasteiger partial charge in [-0.25, -0.2) is 0 Å². The number of nitrogens with one attached hydrogen (secondary N) is 4. The van der Waals surface area contributed by atoms with Crippen LogP contribution >= 0.6 is 34.5 Å². The number of fused-ring (bicyclic) bond motifs is 18. The number of carboxylic acid groups (broad SMARTS) is 1. The van der Waals surface area contributed by atoms with Crippen molar-refractivity contribution >= 4 is 75.6 Å². The van der Waals surface area contributed by atoms with E-state index in [2.05, 4.69) is 21.3 Å². The molecule has 0 fully saturated rings. The van der Waals surface area contributed by atoms with Crippen molar-refractivity contribution in [2.24, 2.45) is 5.92 Å². The fraction of sp³-hybridized carbons (Fsp3) is 0.282. The SMILES string of the molecule is O=C(O)[C@@H]1CC(=O)[C@@H](Cc2ccccc2)NC(=O)[C@H](Cc2ccc(Cl)cc2Cl)NC(=O)[C@@H](Cc2cccs2)NC(=O)[C@H](O)[C@@H](O)C(=O)Nc2ccc(cc2)C1. The second kappa shape index (κ2) is 19.0. The number of carboxylic acids is 1. The molecule has 16 heteroatoms. The summed E-state index contributed by atoms with van der Waals surface area (Å²) < 4.78 is 0. The first-order chi connectivity index (χ1) is 26.3. The molecular weight excluding hydrogens is 771 g/mol. The Morgan fingerprint density at radius 1 is 0.691 bits per heavy atom. The summed E-state index contributed by atoms with van der Waals surface area (Å²) in [6.07, 6.45) is -5.39. The molecule has 288 valence electrons. The number of rotatable bonds is 7. The Bertz CT molecular complexity index is 2020. The van der Waals surface area contributed by atoms with Crippen molar-refractivity contribution < 1.29 is 44.1 Å². The minimum absolute atomic E-state index is 0.00574. The molecule has 4 aromatic rings. The molecule has 2 aliphatic heterocycles. The van der Waals surface area contributed by atoms with E-state index in [1.807, 2.05) is 0 Å². The number of ketones is 1. The molecule has 55 heavy (non-hydrogen) atoms. The van der Waals surface area contributed by atoms with Gasteiger partial charge < -0.3 is 36.6 Å². The van der Waals surface area contributed by atoms with E-state index in [4.69, 9.17) is 23.2 Å². The maximum atomic E-state index is 14.3. The number of aliphatic hydroxyl groups is 2. The van der Waals surface area contributed by atoms with Crippen LogP contribution in [0.15, 0.2) is 90.3 Å². The van der Waals surface area contributed by atoms with E-state index in [1.54, 1.807) is 60.0 Å². The maximum absolute atomic E-state index is 14.3. The summed E-state index contributed by atoms with van der Waals surface area (Å²) in [4.78, 5) is 81.5. The van der Waals surface area contributed by atoms with Gasteiger partial charge in [0.15, 0.2) is 18.0 Å². The number of thiophene rings is 1. The van der Waals surface area contributed by atoms with E-state index in [0.717, 1.165) is 0 Å². The number of benzene rings is 3. The molecule has 4 amide bonds. The van der Waals surface area contributed by atoms with E-state index < -0.39 is 78.1 Å². The number of carbonyl (C=O) groups is 6. The minimum Gasteiger partial charge on any atom is -0.481 e. The average molecular weight is 810 g/mol. The first-order valence-electron chi connectivity index (χ1n) is 17.2. The third kappa shape index (κ3) is 11.4. The highest BCUT2D eigenvalue weighted by atomic mass is 35.5. The van der Waals surface area contributed by atoms with Crippen LogP contribution in [0.1, 0.15) is 28.0 Å². The number of hydrogen-bond donors (Lipinski definition) is 7. The summed E-state index contributed by atoms with van der Waals surface area (Å²) >= 11 is 13.9. The topological polar surface area (TPSA) is 211 Å². The van der Waals surface area contributed by atoms with Crippen molar-refractivity contribution in [2.75, 3.05) is 5.32 Å². The van der Waals surface area contributed by atoms with E-state index >= 15 is 0 Å². The van der Waals surface area contributed by atoms with E-state index in [1.165, 1.54) is 41.7 Å². The van der Waals surface area contributed by atoms with Crippen LogP contribution in [0, 0.1) is 5.92 Å². The van der Waals surface area contributed by atoms with Crippen LogP contribution in [0.5, 0.6) is 0 Å². The Morgan fingerprint density at radius 2 is 1.33 bits per heavy atom. The standard InChI is InChI=1S/C39H38Cl2N4O9S/c40-25-11-10-23(28(41)19-25)17-30-35(49)43-29(16-21-5-2-1-3-6-21)32(46)18-24(39(53)54)15-22-8-12-26(13-9-22)42-37(51)33(47)34(48)38(52)45-31(36(50)44-30)20-27-7-4-14-55-27/h1-14,19,24,29-31,33-34,47-48H,15-18,20H2,(H,42,51)(H,43,49)(H,44,50)(H,45,52)(H,53,54)/t24-,29+,30-,31+,33+,34+/m0/s1. The van der Waals surface area contributed by atoms with E-state index in [9.17, 15) is 44.1 Å². The first kappa shape index (κ1) is 41.1. The smallest absolute Gasteiger partial charge is 0.307 e. The van der Waals surface area contributed by atoms with Crippen LogP contribution in [0.4, 0.5) is 5.69 Å². The molecule has 6 atom stereocenters. The second-order valence-electron chi connectivity index (χ2n) is 13.1. The largest absolute Gasteiger partial charge is 0.481 e. The lowest BCUT2D eigenvalue weighted by Gasteiger charge is -2.27. The molecule has 13 nitrogen and oxygen atoms in total. The minimum atomic E-state index is -2.31. The van der Waals surface area contributed by atoms with Gasteiger partial charge in [0.2, 0.25) is 11.8 Å². The molecule has 0 aliphatic carbocycles. The predicted octanol–water partition coefficient (Wildman–Crippen LogP) is 3.11. The number of carbonyl (C=O) groups excluding carboxylic acids is 5. The van der Waals surface area contributed by atoms with Crippen LogP contribution in [-0.2, 0) is 54.5 Å². The summed E-state index contributed by atoms with van der Waals surface area (Å²) in [6, 6.07) is 18.6. The summed E-state index contributed by atoms with van der Waals surface area (Å²) in [6.45, 7) is 0. The molecule has 6 rings (SSSR count). The number of Topliss-reactive ketones (excluding diaryl/α,β-unsaturated/α-hetero) is 1. The zero-order chi connectivity index (χ0) is 39.6. The molecule has 0 spiro atoms. The molecule has 0 saturated carbocycles. The first-order valence-corrected chi connectivity index (χ1v) is 18.8. The molecule has 7 N–H and O–H groups in total. The van der Waals surface area contributed by atoms with Crippen molar-refractivity contribution in [1.82, 2.24) is 16.0 Å². The molecular formula is C39H38Cl2N4O9S. The lowest BCUT2D eigenvalue weighted by molar-refractivity contribution is -0.145. The van der Waals surface area contributed by atoms with E-state index in [0.29, 0.717) is 26.6 Å². The van der Waals surface area contributed by atoms with Crippen molar-refractivity contribution in [2.45, 2.75) is 62.4 Å². The van der Waals surface area contributed by atoms with E-state index in [-0.39, 0.29) is 36.4 Å². The third-order valence-electron chi connectivity index (χ3n) is 9.02. The van der Waals surface area contributed by atoms with Gasteiger partial charge in [0.1, 0.15) is 12.1 Å². The van der Waals surface area contributed by atoms with Gasteiger partial charge in [-0.2, -0.15) is 0 Å².